The van der Waals surface area contributed by atoms with Gasteiger partial charge in [0.25, 0.3) is 0 Å². The molecule has 2 fully saturated rings. The van der Waals surface area contributed by atoms with E-state index in [2.05, 4.69) is 17.0 Å². The molecule has 20 heavy (non-hydrogen) atoms. The molecule has 2 aliphatic heterocycles. The molecule has 2 aliphatic rings. The van der Waals surface area contributed by atoms with Crippen molar-refractivity contribution in [1.29, 1.82) is 0 Å². The minimum absolute atomic E-state index is 0.0878. The number of carbonyl (C=O) groups excluding carboxylic acids is 1. The Hall–Kier alpha value is -1.81. The SMILES string of the molecule is COC(=O)/C=C1\CCC[C@H]2OC[C@H](c3ccccc3)N12. The highest BCUT2D eigenvalue weighted by atomic mass is 16.5. The highest BCUT2D eigenvalue weighted by molar-refractivity contribution is 5.82. The van der Waals surface area contributed by atoms with Crippen LogP contribution in [0.15, 0.2) is 42.1 Å². The Morgan fingerprint density at radius 1 is 1.40 bits per heavy atom. The van der Waals surface area contributed by atoms with Gasteiger partial charge in [-0.15, -0.1) is 0 Å². The van der Waals surface area contributed by atoms with Gasteiger partial charge in [0.1, 0.15) is 6.23 Å². The van der Waals surface area contributed by atoms with E-state index in [1.807, 2.05) is 18.2 Å². The van der Waals surface area contributed by atoms with Crippen molar-refractivity contribution in [1.82, 2.24) is 4.90 Å². The number of hydrogen-bond acceptors (Lipinski definition) is 4. The summed E-state index contributed by atoms with van der Waals surface area (Å²) in [5.74, 6) is -0.292. The molecule has 1 aromatic rings. The van der Waals surface area contributed by atoms with Gasteiger partial charge in [-0.1, -0.05) is 30.3 Å². The monoisotopic (exact) mass is 273 g/mol. The molecule has 1 aromatic carbocycles. The summed E-state index contributed by atoms with van der Waals surface area (Å²) in [6.45, 7) is 0.674. The standard InChI is InChI=1S/C16H19NO3/c1-19-16(18)10-13-8-5-9-15-17(13)14(11-20-15)12-6-3-2-4-7-12/h2-4,6-7,10,14-15H,5,8-9,11H2,1H3/b13-10+/t14-,15-/m1/s1. The number of fused-ring (bicyclic) bond motifs is 1. The van der Waals surface area contributed by atoms with Crippen molar-refractivity contribution in [3.05, 3.63) is 47.7 Å². The van der Waals surface area contributed by atoms with Crippen molar-refractivity contribution in [2.24, 2.45) is 0 Å². The van der Waals surface area contributed by atoms with Crippen LogP contribution in [-0.2, 0) is 14.3 Å². The fraction of sp³-hybridized carbons (Fsp3) is 0.438. The molecule has 0 unspecified atom stereocenters. The third kappa shape index (κ3) is 2.43. The summed E-state index contributed by atoms with van der Waals surface area (Å²) in [6.07, 6.45) is 4.66. The lowest BCUT2D eigenvalue weighted by molar-refractivity contribution is -0.135. The predicted molar refractivity (Wildman–Crippen MR) is 74.7 cm³/mol. The quantitative estimate of drug-likeness (QED) is 0.613. The zero-order valence-corrected chi connectivity index (χ0v) is 11.6. The third-order valence-corrected chi connectivity index (χ3v) is 3.98. The zero-order chi connectivity index (χ0) is 13.9. The van der Waals surface area contributed by atoms with Crippen molar-refractivity contribution in [2.75, 3.05) is 13.7 Å². The number of piperidine rings is 1. The number of nitrogens with zero attached hydrogens (tertiary/aromatic N) is 1. The lowest BCUT2D eigenvalue weighted by Crippen LogP contribution is -2.35. The van der Waals surface area contributed by atoms with Gasteiger partial charge >= 0.3 is 5.97 Å². The topological polar surface area (TPSA) is 38.8 Å². The van der Waals surface area contributed by atoms with Crippen LogP contribution in [0.2, 0.25) is 0 Å². The molecule has 0 amide bonds. The zero-order valence-electron chi connectivity index (χ0n) is 11.6. The average molecular weight is 273 g/mol. The van der Waals surface area contributed by atoms with Gasteiger partial charge in [-0.25, -0.2) is 4.79 Å². The van der Waals surface area contributed by atoms with Crippen molar-refractivity contribution in [3.8, 4) is 0 Å². The van der Waals surface area contributed by atoms with E-state index in [0.717, 1.165) is 25.0 Å². The molecule has 0 spiro atoms. The smallest absolute Gasteiger partial charge is 0.332 e. The number of carbonyl (C=O) groups is 1. The normalized spacial score (nSPS) is 27.4. The lowest BCUT2D eigenvalue weighted by atomic mass is 10.0. The predicted octanol–water partition coefficient (Wildman–Crippen LogP) is 2.63. The first-order chi connectivity index (χ1) is 9.79. The summed E-state index contributed by atoms with van der Waals surface area (Å²) < 4.78 is 10.7. The molecule has 2 saturated heterocycles. The van der Waals surface area contributed by atoms with Crippen LogP contribution in [0.5, 0.6) is 0 Å². The first kappa shape index (κ1) is 13.2. The van der Waals surface area contributed by atoms with Gasteiger partial charge < -0.3 is 14.4 Å². The van der Waals surface area contributed by atoms with Gasteiger partial charge in [-0.3, -0.25) is 0 Å². The van der Waals surface area contributed by atoms with Gasteiger partial charge in [0, 0.05) is 11.8 Å². The van der Waals surface area contributed by atoms with E-state index in [9.17, 15) is 4.79 Å². The molecule has 106 valence electrons. The van der Waals surface area contributed by atoms with Crippen LogP contribution in [0.1, 0.15) is 30.9 Å². The van der Waals surface area contributed by atoms with E-state index < -0.39 is 0 Å². The van der Waals surface area contributed by atoms with Crippen LogP contribution in [0.4, 0.5) is 0 Å². The summed E-state index contributed by atoms with van der Waals surface area (Å²) in [7, 11) is 1.41. The second-order valence-corrected chi connectivity index (χ2v) is 5.17. The highest BCUT2D eigenvalue weighted by Gasteiger charge is 2.38. The third-order valence-electron chi connectivity index (χ3n) is 3.98. The highest BCUT2D eigenvalue weighted by Crippen LogP contribution is 2.40. The number of hydrogen-bond donors (Lipinski definition) is 0. The van der Waals surface area contributed by atoms with Crippen LogP contribution in [0, 0.1) is 0 Å². The lowest BCUT2D eigenvalue weighted by Gasteiger charge is -2.36. The largest absolute Gasteiger partial charge is 0.466 e. The van der Waals surface area contributed by atoms with E-state index in [4.69, 9.17) is 9.47 Å². The van der Waals surface area contributed by atoms with Crippen molar-refractivity contribution in [3.63, 3.8) is 0 Å². The van der Waals surface area contributed by atoms with E-state index >= 15 is 0 Å². The Morgan fingerprint density at radius 2 is 2.20 bits per heavy atom. The molecule has 4 nitrogen and oxygen atoms in total. The Bertz CT molecular complexity index is 512. The molecule has 0 saturated carbocycles. The van der Waals surface area contributed by atoms with Crippen LogP contribution in [-0.4, -0.2) is 30.8 Å². The molecule has 2 heterocycles. The van der Waals surface area contributed by atoms with Gasteiger partial charge in [0.2, 0.25) is 0 Å². The van der Waals surface area contributed by atoms with Gasteiger partial charge in [-0.2, -0.15) is 0 Å². The summed E-state index contributed by atoms with van der Waals surface area (Å²) in [6, 6.07) is 10.5. The Balaban J connectivity index is 1.90. The first-order valence-electron chi connectivity index (χ1n) is 7.03. The molecule has 0 aromatic heterocycles. The van der Waals surface area contributed by atoms with Crippen molar-refractivity contribution < 1.29 is 14.3 Å². The number of allylic oxidation sites excluding steroid dienone is 1. The van der Waals surface area contributed by atoms with E-state index in [1.165, 1.54) is 12.7 Å². The summed E-state index contributed by atoms with van der Waals surface area (Å²) >= 11 is 0. The average Bonchev–Trinajstić information content (AvgIpc) is 2.93. The molecule has 2 atom stereocenters. The molecule has 0 radical (unpaired) electrons. The second kappa shape index (κ2) is 5.67. The fourth-order valence-corrected chi connectivity index (χ4v) is 3.03. The van der Waals surface area contributed by atoms with Crippen LogP contribution < -0.4 is 0 Å². The fourth-order valence-electron chi connectivity index (χ4n) is 3.03. The first-order valence-corrected chi connectivity index (χ1v) is 7.03. The van der Waals surface area contributed by atoms with Crippen LogP contribution in [0.25, 0.3) is 0 Å². The summed E-state index contributed by atoms with van der Waals surface area (Å²) in [5.41, 5.74) is 2.26. The number of rotatable bonds is 2. The Labute approximate surface area is 119 Å². The van der Waals surface area contributed by atoms with Gasteiger partial charge in [-0.05, 0) is 24.8 Å². The molecule has 0 aliphatic carbocycles. The Morgan fingerprint density at radius 3 is 2.95 bits per heavy atom. The maximum atomic E-state index is 11.5. The maximum Gasteiger partial charge on any atom is 0.332 e. The van der Waals surface area contributed by atoms with Gasteiger partial charge in [0.15, 0.2) is 0 Å². The maximum absolute atomic E-state index is 11.5. The Kier molecular flexibility index (Phi) is 3.74. The number of benzene rings is 1. The molecule has 3 rings (SSSR count). The molecule has 0 N–H and O–H groups in total. The minimum Gasteiger partial charge on any atom is -0.466 e. The number of methoxy groups -OCH3 is 1. The summed E-state index contributed by atoms with van der Waals surface area (Å²) in [4.78, 5) is 13.8. The molecular formula is C16H19NO3. The number of esters is 1. The van der Waals surface area contributed by atoms with Crippen LogP contribution >= 0.6 is 0 Å². The van der Waals surface area contributed by atoms with Crippen LogP contribution in [0.3, 0.4) is 0 Å². The van der Waals surface area contributed by atoms with Crippen molar-refractivity contribution >= 4 is 5.97 Å². The molecule has 4 heteroatoms. The van der Waals surface area contributed by atoms with Crippen molar-refractivity contribution in [2.45, 2.75) is 31.5 Å². The van der Waals surface area contributed by atoms with E-state index in [-0.39, 0.29) is 18.2 Å². The van der Waals surface area contributed by atoms with E-state index in [1.54, 1.807) is 6.08 Å². The summed E-state index contributed by atoms with van der Waals surface area (Å²) in [5, 5.41) is 0. The van der Waals surface area contributed by atoms with E-state index in [0.29, 0.717) is 6.61 Å². The molecule has 0 bridgehead atoms. The minimum atomic E-state index is -0.292. The second-order valence-electron chi connectivity index (χ2n) is 5.17. The molecular weight excluding hydrogens is 254 g/mol. The number of ether oxygens (including phenoxy) is 2. The van der Waals surface area contributed by atoms with Gasteiger partial charge in [0.05, 0.1) is 19.8 Å².